The highest BCUT2D eigenvalue weighted by atomic mass is 32.2. The summed E-state index contributed by atoms with van der Waals surface area (Å²) in [5.74, 6) is 0. The van der Waals surface area contributed by atoms with E-state index in [0.717, 1.165) is 21.0 Å². The molecule has 2 rings (SSSR count). The maximum absolute atomic E-state index is 12.4. The molecule has 0 N–H and O–H groups in total. The minimum atomic E-state index is -4.52. The Morgan fingerprint density at radius 2 is 1.86 bits per heavy atom. The van der Waals surface area contributed by atoms with Crippen molar-refractivity contribution in [3.05, 3.63) is 46.4 Å². The van der Waals surface area contributed by atoms with Gasteiger partial charge in [0.05, 0.1) is 11.4 Å². The summed E-state index contributed by atoms with van der Waals surface area (Å²) in [5, 5.41) is 0.961. The number of thiazole rings is 1. The zero-order valence-electron chi connectivity index (χ0n) is 10.8. The van der Waals surface area contributed by atoms with Crippen LogP contribution in [0.1, 0.15) is 10.7 Å². The summed E-state index contributed by atoms with van der Waals surface area (Å²) in [5.41, 5.74) is -1.01. The summed E-state index contributed by atoms with van der Waals surface area (Å²) < 4.78 is 62.8. The second-order valence-corrected chi connectivity index (χ2v) is 7.19. The van der Waals surface area contributed by atoms with Crippen molar-refractivity contribution in [3.8, 4) is 0 Å². The van der Waals surface area contributed by atoms with E-state index in [9.17, 15) is 21.6 Å². The van der Waals surface area contributed by atoms with Crippen molar-refractivity contribution in [1.82, 2.24) is 9.29 Å². The number of halogens is 3. The van der Waals surface area contributed by atoms with Crippen LogP contribution >= 0.6 is 11.3 Å². The fourth-order valence-corrected chi connectivity index (χ4v) is 3.65. The Labute approximate surface area is 123 Å². The van der Waals surface area contributed by atoms with E-state index in [1.807, 2.05) is 0 Å². The third-order valence-corrected chi connectivity index (χ3v) is 5.30. The molecule has 0 unspecified atom stereocenters. The number of aromatic nitrogens is 1. The molecule has 4 nitrogen and oxygen atoms in total. The number of benzene rings is 1. The van der Waals surface area contributed by atoms with Crippen molar-refractivity contribution in [1.29, 1.82) is 0 Å². The van der Waals surface area contributed by atoms with E-state index in [1.54, 1.807) is 18.2 Å². The number of alkyl halides is 3. The molecule has 2 aromatic rings. The van der Waals surface area contributed by atoms with Crippen molar-refractivity contribution < 1.29 is 21.6 Å². The first-order valence-corrected chi connectivity index (χ1v) is 8.06. The second-order valence-electron chi connectivity index (χ2n) is 4.20. The maximum atomic E-state index is 12.4. The van der Waals surface area contributed by atoms with Gasteiger partial charge in [-0.25, -0.2) is 13.4 Å². The van der Waals surface area contributed by atoms with Gasteiger partial charge in [-0.05, 0) is 12.1 Å². The minimum Gasteiger partial charge on any atom is -0.235 e. The second kappa shape index (κ2) is 5.74. The first-order valence-electron chi connectivity index (χ1n) is 5.74. The van der Waals surface area contributed by atoms with Gasteiger partial charge in [-0.3, -0.25) is 0 Å². The molecule has 0 spiro atoms. The Balaban J connectivity index is 2.18. The molecular weight excluding hydrogens is 325 g/mol. The van der Waals surface area contributed by atoms with Crippen LogP contribution in [0.2, 0.25) is 0 Å². The molecule has 114 valence electrons. The fourth-order valence-electron chi connectivity index (χ4n) is 1.56. The van der Waals surface area contributed by atoms with Crippen molar-refractivity contribution >= 4 is 21.4 Å². The van der Waals surface area contributed by atoms with Crippen LogP contribution in [0.5, 0.6) is 0 Å². The Morgan fingerprint density at radius 3 is 2.38 bits per heavy atom. The smallest absolute Gasteiger partial charge is 0.235 e. The Kier molecular flexibility index (Phi) is 4.35. The van der Waals surface area contributed by atoms with Gasteiger partial charge in [0.1, 0.15) is 5.01 Å². The summed E-state index contributed by atoms with van der Waals surface area (Å²) in [6.45, 7) is -0.210. The molecule has 0 aliphatic carbocycles. The van der Waals surface area contributed by atoms with E-state index in [1.165, 1.54) is 19.2 Å². The van der Waals surface area contributed by atoms with Gasteiger partial charge in [0.2, 0.25) is 10.0 Å². The molecule has 1 aromatic carbocycles. The number of rotatable bonds is 4. The highest BCUT2D eigenvalue weighted by molar-refractivity contribution is 7.89. The van der Waals surface area contributed by atoms with Gasteiger partial charge >= 0.3 is 6.18 Å². The van der Waals surface area contributed by atoms with Gasteiger partial charge in [-0.1, -0.05) is 18.2 Å². The average molecular weight is 336 g/mol. The molecule has 0 aliphatic rings. The summed E-state index contributed by atoms with van der Waals surface area (Å²) in [6.07, 6.45) is -4.52. The monoisotopic (exact) mass is 336 g/mol. The van der Waals surface area contributed by atoms with Crippen LogP contribution in [0.25, 0.3) is 0 Å². The lowest BCUT2D eigenvalue weighted by Gasteiger charge is -2.15. The molecule has 0 saturated heterocycles. The minimum absolute atomic E-state index is 0.0834. The molecule has 1 heterocycles. The van der Waals surface area contributed by atoms with Crippen LogP contribution in [0.4, 0.5) is 13.2 Å². The van der Waals surface area contributed by atoms with Crippen LogP contribution in [0, 0.1) is 0 Å². The predicted molar refractivity (Wildman–Crippen MR) is 72.2 cm³/mol. The van der Waals surface area contributed by atoms with Gasteiger partial charge in [0.15, 0.2) is 5.69 Å². The van der Waals surface area contributed by atoms with Crippen molar-refractivity contribution in [2.24, 2.45) is 0 Å². The molecule has 1 aromatic heterocycles. The van der Waals surface area contributed by atoms with Gasteiger partial charge in [-0.2, -0.15) is 17.5 Å². The van der Waals surface area contributed by atoms with E-state index >= 15 is 0 Å². The zero-order valence-corrected chi connectivity index (χ0v) is 12.5. The molecule has 9 heteroatoms. The van der Waals surface area contributed by atoms with E-state index < -0.39 is 21.9 Å². The topological polar surface area (TPSA) is 50.3 Å². The number of hydrogen-bond acceptors (Lipinski definition) is 4. The number of nitrogens with zero attached hydrogens (tertiary/aromatic N) is 2. The summed E-state index contributed by atoms with van der Waals surface area (Å²) in [4.78, 5) is 3.50. The summed E-state index contributed by atoms with van der Waals surface area (Å²) in [6, 6.07) is 7.68. The van der Waals surface area contributed by atoms with Crippen LogP contribution in [-0.4, -0.2) is 24.8 Å². The Bertz CT molecular complexity index is 712. The van der Waals surface area contributed by atoms with Crippen LogP contribution in [0.15, 0.2) is 40.6 Å². The molecule has 0 fully saturated rings. The highest BCUT2D eigenvalue weighted by Crippen LogP contribution is 2.30. The van der Waals surface area contributed by atoms with Crippen molar-refractivity contribution in [2.45, 2.75) is 17.6 Å². The van der Waals surface area contributed by atoms with E-state index in [0.29, 0.717) is 0 Å². The number of hydrogen-bond donors (Lipinski definition) is 0. The predicted octanol–water partition coefficient (Wildman–Crippen LogP) is 2.98. The lowest BCUT2D eigenvalue weighted by atomic mass is 10.4. The molecule has 0 atom stereocenters. The van der Waals surface area contributed by atoms with E-state index in [-0.39, 0.29) is 16.4 Å². The standard InChI is InChI=1S/C12H11F3N2O2S2/c1-17(21(18,19)9-5-3-2-4-6-9)7-11-16-10(8-20-11)12(13,14)15/h2-6,8H,7H2,1H3. The molecule has 0 aliphatic heterocycles. The normalized spacial score (nSPS) is 12.8. The van der Waals surface area contributed by atoms with Gasteiger partial charge in [-0.15, -0.1) is 11.3 Å². The Morgan fingerprint density at radius 1 is 1.24 bits per heavy atom. The first-order chi connectivity index (χ1) is 9.71. The van der Waals surface area contributed by atoms with Crippen LogP contribution < -0.4 is 0 Å². The van der Waals surface area contributed by atoms with Gasteiger partial charge in [0, 0.05) is 12.4 Å². The lowest BCUT2D eigenvalue weighted by Crippen LogP contribution is -2.26. The quantitative estimate of drug-likeness (QED) is 0.862. The zero-order chi connectivity index (χ0) is 15.7. The highest BCUT2D eigenvalue weighted by Gasteiger charge is 2.34. The number of sulfonamides is 1. The van der Waals surface area contributed by atoms with Crippen LogP contribution in [-0.2, 0) is 22.7 Å². The molecular formula is C12H11F3N2O2S2. The maximum Gasteiger partial charge on any atom is 0.434 e. The third-order valence-electron chi connectivity index (χ3n) is 2.65. The summed E-state index contributed by atoms with van der Waals surface area (Å²) in [7, 11) is -2.44. The molecule has 0 radical (unpaired) electrons. The van der Waals surface area contributed by atoms with Crippen molar-refractivity contribution in [3.63, 3.8) is 0 Å². The largest absolute Gasteiger partial charge is 0.434 e. The summed E-state index contributed by atoms with van der Waals surface area (Å²) >= 11 is 0.779. The van der Waals surface area contributed by atoms with Gasteiger partial charge < -0.3 is 0 Å². The fraction of sp³-hybridized carbons (Fsp3) is 0.250. The lowest BCUT2D eigenvalue weighted by molar-refractivity contribution is -0.140. The molecule has 0 bridgehead atoms. The Hall–Kier alpha value is -1.45. The third kappa shape index (κ3) is 3.60. The molecule has 0 amide bonds. The average Bonchev–Trinajstić information content (AvgIpc) is 2.88. The molecule has 0 saturated carbocycles. The van der Waals surface area contributed by atoms with Crippen LogP contribution in [0.3, 0.4) is 0 Å². The van der Waals surface area contributed by atoms with E-state index in [2.05, 4.69) is 4.98 Å². The first kappa shape index (κ1) is 15.9. The van der Waals surface area contributed by atoms with Crippen molar-refractivity contribution in [2.75, 3.05) is 7.05 Å². The molecule has 21 heavy (non-hydrogen) atoms. The van der Waals surface area contributed by atoms with Gasteiger partial charge in [0.25, 0.3) is 0 Å². The SMILES string of the molecule is CN(Cc1nc(C(F)(F)F)cs1)S(=O)(=O)c1ccccc1. The van der Waals surface area contributed by atoms with E-state index in [4.69, 9.17) is 0 Å².